The smallest absolute Gasteiger partial charge is 0.254 e. The van der Waals surface area contributed by atoms with Crippen molar-refractivity contribution in [1.29, 1.82) is 0 Å². The van der Waals surface area contributed by atoms with Gasteiger partial charge in [0.2, 0.25) is 5.91 Å². The first-order chi connectivity index (χ1) is 12.4. The van der Waals surface area contributed by atoms with Gasteiger partial charge in [-0.1, -0.05) is 41.4 Å². The Morgan fingerprint density at radius 2 is 1.88 bits per heavy atom. The minimum absolute atomic E-state index is 0.279. The van der Waals surface area contributed by atoms with Crippen LogP contribution in [0.25, 0.3) is 0 Å². The lowest BCUT2D eigenvalue weighted by Crippen LogP contribution is -2.38. The van der Waals surface area contributed by atoms with Crippen molar-refractivity contribution in [2.45, 2.75) is 19.9 Å². The highest BCUT2D eigenvalue weighted by atomic mass is 35.5. The molecule has 1 unspecified atom stereocenters. The number of nitrogens with zero attached hydrogens (tertiary/aromatic N) is 1. The predicted molar refractivity (Wildman–Crippen MR) is 102 cm³/mol. The fraction of sp³-hybridized carbons (Fsp3) is 0.263. The van der Waals surface area contributed by atoms with Gasteiger partial charge < -0.3 is 15.0 Å². The van der Waals surface area contributed by atoms with E-state index in [9.17, 15) is 9.59 Å². The van der Waals surface area contributed by atoms with E-state index < -0.39 is 6.04 Å². The fourth-order valence-corrected chi connectivity index (χ4v) is 3.55. The molecular formula is C19H18Cl2N2O3. The number of fused-ring (bicyclic) bond motifs is 1. The zero-order valence-corrected chi connectivity index (χ0v) is 15.9. The molecule has 1 atom stereocenters. The summed E-state index contributed by atoms with van der Waals surface area (Å²) >= 11 is 12.6. The maximum atomic E-state index is 12.9. The van der Waals surface area contributed by atoms with Crippen molar-refractivity contribution >= 4 is 40.7 Å². The first kappa shape index (κ1) is 18.5. The van der Waals surface area contributed by atoms with Crippen LogP contribution < -0.4 is 15.0 Å². The number of amides is 2. The van der Waals surface area contributed by atoms with Crippen LogP contribution in [0.15, 0.2) is 36.4 Å². The first-order valence-corrected chi connectivity index (χ1v) is 8.90. The van der Waals surface area contributed by atoms with E-state index in [4.69, 9.17) is 27.9 Å². The molecule has 0 bridgehead atoms. The van der Waals surface area contributed by atoms with Crippen molar-refractivity contribution in [2.75, 3.05) is 18.1 Å². The Labute approximate surface area is 161 Å². The van der Waals surface area contributed by atoms with Gasteiger partial charge in [-0.05, 0) is 30.7 Å². The summed E-state index contributed by atoms with van der Waals surface area (Å²) in [6.45, 7) is 3.88. The lowest BCUT2D eigenvalue weighted by atomic mass is 10.1. The van der Waals surface area contributed by atoms with Crippen LogP contribution in [0.1, 0.15) is 24.1 Å². The molecule has 0 aromatic heterocycles. The maximum Gasteiger partial charge on any atom is 0.254 e. The Bertz CT molecular complexity index is 870. The van der Waals surface area contributed by atoms with Crippen LogP contribution in [-0.4, -0.2) is 25.0 Å². The van der Waals surface area contributed by atoms with E-state index >= 15 is 0 Å². The lowest BCUT2D eigenvalue weighted by molar-refractivity contribution is -0.126. The third-order valence-electron chi connectivity index (χ3n) is 4.20. The Kier molecular flexibility index (Phi) is 5.39. The molecule has 7 heteroatoms. The summed E-state index contributed by atoms with van der Waals surface area (Å²) in [6.07, 6.45) is 0. The van der Waals surface area contributed by atoms with Gasteiger partial charge in [0.15, 0.2) is 0 Å². The number of nitrogens with one attached hydrogen (secondary N) is 1. The zero-order valence-electron chi connectivity index (χ0n) is 14.4. The molecule has 26 heavy (non-hydrogen) atoms. The monoisotopic (exact) mass is 392 g/mol. The summed E-state index contributed by atoms with van der Waals surface area (Å²) in [4.78, 5) is 25.9. The molecule has 3 rings (SSSR count). The van der Waals surface area contributed by atoms with Crippen molar-refractivity contribution in [3.8, 4) is 5.75 Å². The summed E-state index contributed by atoms with van der Waals surface area (Å²) < 4.78 is 5.79. The van der Waals surface area contributed by atoms with Crippen LogP contribution in [0.3, 0.4) is 0 Å². The molecule has 1 aliphatic rings. The van der Waals surface area contributed by atoms with E-state index in [1.54, 1.807) is 12.1 Å². The van der Waals surface area contributed by atoms with Gasteiger partial charge in [0.05, 0.1) is 17.3 Å². The first-order valence-electron chi connectivity index (χ1n) is 8.15. The third kappa shape index (κ3) is 3.50. The molecule has 0 fully saturated rings. The summed E-state index contributed by atoms with van der Waals surface area (Å²) in [7, 11) is 0. The van der Waals surface area contributed by atoms with E-state index in [0.29, 0.717) is 21.3 Å². The van der Waals surface area contributed by atoms with Gasteiger partial charge in [-0.2, -0.15) is 0 Å². The Balaban J connectivity index is 1.84. The van der Waals surface area contributed by atoms with Gasteiger partial charge in [0.1, 0.15) is 18.4 Å². The average molecular weight is 393 g/mol. The number of halogens is 2. The van der Waals surface area contributed by atoms with E-state index in [0.717, 1.165) is 11.3 Å². The highest BCUT2D eigenvalue weighted by Gasteiger charge is 2.40. The number of rotatable bonds is 5. The van der Waals surface area contributed by atoms with Crippen molar-refractivity contribution < 1.29 is 14.3 Å². The molecule has 0 radical (unpaired) electrons. The largest absolute Gasteiger partial charge is 0.491 e. The lowest BCUT2D eigenvalue weighted by Gasteiger charge is -2.19. The molecule has 2 aromatic carbocycles. The number of aryl methyl sites for hydroxylation is 1. The van der Waals surface area contributed by atoms with E-state index in [1.165, 1.54) is 11.8 Å². The van der Waals surface area contributed by atoms with E-state index in [2.05, 4.69) is 5.32 Å². The summed E-state index contributed by atoms with van der Waals surface area (Å²) in [5.41, 5.74) is 2.06. The van der Waals surface area contributed by atoms with Crippen molar-refractivity contribution in [2.24, 2.45) is 0 Å². The normalized spacial score (nSPS) is 15.8. The number of anilines is 1. The molecule has 0 spiro atoms. The number of ether oxygens (including phenoxy) is 1. The molecule has 1 N–H and O–H groups in total. The number of hydrogen-bond donors (Lipinski definition) is 1. The molecule has 5 nitrogen and oxygen atoms in total. The summed E-state index contributed by atoms with van der Waals surface area (Å²) in [6, 6.07) is 10.1. The highest BCUT2D eigenvalue weighted by molar-refractivity contribution is 6.38. The second kappa shape index (κ2) is 7.56. The number of carbonyl (C=O) groups is 2. The van der Waals surface area contributed by atoms with Gasteiger partial charge >= 0.3 is 0 Å². The Morgan fingerprint density at radius 1 is 1.19 bits per heavy atom. The molecule has 0 saturated heterocycles. The van der Waals surface area contributed by atoms with Gasteiger partial charge in [-0.3, -0.25) is 9.59 Å². The average Bonchev–Trinajstić information content (AvgIpc) is 2.86. The number of para-hydroxylation sites is 1. The number of benzene rings is 2. The second-order valence-electron chi connectivity index (χ2n) is 6.03. The second-order valence-corrected chi connectivity index (χ2v) is 6.84. The Hall–Kier alpha value is -2.24. The summed E-state index contributed by atoms with van der Waals surface area (Å²) in [5, 5.41) is 3.44. The van der Waals surface area contributed by atoms with Crippen LogP contribution in [0, 0.1) is 6.92 Å². The molecule has 1 heterocycles. The molecule has 0 saturated carbocycles. The third-order valence-corrected chi connectivity index (χ3v) is 4.83. The van der Waals surface area contributed by atoms with Crippen molar-refractivity contribution in [1.82, 2.24) is 5.32 Å². The molecule has 0 aliphatic carbocycles. The zero-order chi connectivity index (χ0) is 18.8. The minimum Gasteiger partial charge on any atom is -0.491 e. The van der Waals surface area contributed by atoms with Gasteiger partial charge in [0, 0.05) is 17.5 Å². The molecule has 2 amide bonds. The Morgan fingerprint density at radius 3 is 2.58 bits per heavy atom. The highest BCUT2D eigenvalue weighted by Crippen LogP contribution is 2.44. The molecular weight excluding hydrogens is 375 g/mol. The fourth-order valence-electron chi connectivity index (χ4n) is 3.02. The maximum absolute atomic E-state index is 12.9. The SMILES string of the molecule is CC(=O)NC1C(=O)N(CCOc2ccccc2C)c2c(Cl)ccc(Cl)c21. The molecule has 1 aliphatic heterocycles. The summed E-state index contributed by atoms with van der Waals surface area (Å²) in [5.74, 6) is 0.164. The van der Waals surface area contributed by atoms with Crippen molar-refractivity contribution in [3.63, 3.8) is 0 Å². The van der Waals surface area contributed by atoms with E-state index in [1.807, 2.05) is 31.2 Å². The van der Waals surface area contributed by atoms with Crippen LogP contribution >= 0.6 is 23.2 Å². The molecule has 2 aromatic rings. The quantitative estimate of drug-likeness (QED) is 0.838. The minimum atomic E-state index is -0.841. The standard InChI is InChI=1S/C19H18Cl2N2O3/c1-11-5-3-4-6-15(11)26-10-9-23-18-14(21)8-7-13(20)16(18)17(19(23)25)22-12(2)24/h3-8,17H,9-10H2,1-2H3,(H,22,24). The van der Waals surface area contributed by atoms with Crippen LogP contribution in [0.2, 0.25) is 10.0 Å². The predicted octanol–water partition coefficient (Wildman–Crippen LogP) is 3.90. The van der Waals surface area contributed by atoms with Gasteiger partial charge in [-0.25, -0.2) is 0 Å². The topological polar surface area (TPSA) is 58.6 Å². The van der Waals surface area contributed by atoms with Crippen molar-refractivity contribution in [3.05, 3.63) is 57.6 Å². The van der Waals surface area contributed by atoms with Crippen LogP contribution in [0.5, 0.6) is 5.75 Å². The van der Waals surface area contributed by atoms with Gasteiger partial charge in [-0.15, -0.1) is 0 Å². The molecule has 136 valence electrons. The number of carbonyl (C=O) groups excluding carboxylic acids is 2. The number of hydrogen-bond acceptors (Lipinski definition) is 3. The van der Waals surface area contributed by atoms with Gasteiger partial charge in [0.25, 0.3) is 5.91 Å². The van der Waals surface area contributed by atoms with Crippen LogP contribution in [0.4, 0.5) is 5.69 Å². The van der Waals surface area contributed by atoms with Crippen LogP contribution in [-0.2, 0) is 9.59 Å². The van der Waals surface area contributed by atoms with E-state index in [-0.39, 0.29) is 25.0 Å².